The number of hydrogen-bond donors (Lipinski definition) is 7. The molecule has 9 rings (SSSR count). The van der Waals surface area contributed by atoms with Crippen molar-refractivity contribution in [2.24, 2.45) is 29.4 Å². The van der Waals surface area contributed by atoms with Crippen molar-refractivity contribution >= 4 is 64.8 Å². The number of rotatable bonds is 31. The molecule has 0 bridgehead atoms. The summed E-state index contributed by atoms with van der Waals surface area (Å²) in [6, 6.07) is 52.9. The van der Waals surface area contributed by atoms with Gasteiger partial charge < -0.3 is 51.8 Å². The summed E-state index contributed by atoms with van der Waals surface area (Å²) in [5.74, 6) is -9.40. The molecule has 0 spiro atoms. The number of likely N-dealkylation sites (N-methyl/N-ethyl adjacent to an activating group) is 1. The van der Waals surface area contributed by atoms with E-state index in [1.807, 2.05) is 141 Å². The molecule has 20 nitrogen and oxygen atoms in total. The summed E-state index contributed by atoms with van der Waals surface area (Å²) in [5, 5.41) is 25.4. The first-order chi connectivity index (χ1) is 53.9. The van der Waals surface area contributed by atoms with Crippen LogP contribution in [0.3, 0.4) is 0 Å². The molecule has 0 saturated carbocycles. The Balaban J connectivity index is 0.000000245. The Morgan fingerprint density at radius 2 is 0.982 bits per heavy atom. The lowest BCUT2D eigenvalue weighted by Crippen LogP contribution is -2.50. The van der Waals surface area contributed by atoms with Gasteiger partial charge in [-0.3, -0.25) is 38.4 Å². The first-order valence-corrected chi connectivity index (χ1v) is 37.9. The quantitative estimate of drug-likeness (QED) is 0.0157. The third-order valence-corrected chi connectivity index (χ3v) is 18.4. The van der Waals surface area contributed by atoms with Crippen LogP contribution in [0.2, 0.25) is 0 Å². The second-order valence-electron chi connectivity index (χ2n) is 31.0. The zero-order chi connectivity index (χ0) is 83.6. The fourth-order valence-electron chi connectivity index (χ4n) is 12.9. The highest BCUT2D eigenvalue weighted by Crippen LogP contribution is 2.40. The van der Waals surface area contributed by atoms with Crippen LogP contribution in [0.15, 0.2) is 206 Å². The number of esters is 1. The molecule has 7 amide bonds. The molecular weight excluding hydrogens is 1460 g/mol. The molecule has 1 heterocycles. The number of hydrogen-bond acceptors (Lipinski definition) is 13. The molecule has 0 radical (unpaired) electrons. The molecule has 0 saturated heterocycles. The van der Waals surface area contributed by atoms with E-state index in [0.29, 0.717) is 42.9 Å². The summed E-state index contributed by atoms with van der Waals surface area (Å²) in [6.07, 6.45) is -1.22. The first kappa shape index (κ1) is 89.5. The average molecular weight is 1570 g/mol. The number of aliphatic hydroxyl groups excluding tert-OH is 1. The van der Waals surface area contributed by atoms with Crippen LogP contribution in [-0.2, 0) is 84.7 Å². The molecule has 0 aromatic heterocycles. The Hall–Kier alpha value is -11.7. The Kier molecular flexibility index (Phi) is 33.2. The van der Waals surface area contributed by atoms with E-state index >= 15 is 0 Å². The van der Waals surface area contributed by atoms with Gasteiger partial charge in [0.2, 0.25) is 29.5 Å². The number of primary amides is 1. The van der Waals surface area contributed by atoms with Gasteiger partial charge in [0.15, 0.2) is 11.8 Å². The monoisotopic (exact) mass is 1570 g/mol. The summed E-state index contributed by atoms with van der Waals surface area (Å²) in [7, 11) is 1.65. The number of anilines is 1. The van der Waals surface area contributed by atoms with Crippen molar-refractivity contribution in [3.8, 4) is 11.1 Å². The summed E-state index contributed by atoms with van der Waals surface area (Å²) >= 11 is 0. The number of amides is 7. The lowest BCUT2D eigenvalue weighted by atomic mass is 9.87. The molecule has 0 unspecified atom stereocenters. The van der Waals surface area contributed by atoms with E-state index in [-0.39, 0.29) is 66.6 Å². The lowest BCUT2D eigenvalue weighted by Gasteiger charge is -2.30. The van der Waals surface area contributed by atoms with Gasteiger partial charge >= 0.3 is 12.1 Å². The number of halogens is 4. The number of alkyl carbamates (subject to hydrolysis) is 1. The predicted molar refractivity (Wildman–Crippen MR) is 427 cm³/mol. The number of carbonyl (C=O) groups is 10. The summed E-state index contributed by atoms with van der Waals surface area (Å²) in [6.45, 7) is 17.4. The minimum Gasteiger partial charge on any atom is -0.458 e. The maximum atomic E-state index is 14.1. The van der Waals surface area contributed by atoms with Crippen LogP contribution < -0.4 is 37.2 Å². The van der Waals surface area contributed by atoms with Gasteiger partial charge in [-0.1, -0.05) is 185 Å². The molecule has 8 aromatic rings. The van der Waals surface area contributed by atoms with Crippen molar-refractivity contribution in [3.05, 3.63) is 268 Å². The third-order valence-electron chi connectivity index (χ3n) is 18.4. The highest BCUT2D eigenvalue weighted by atomic mass is 19.1. The molecule has 1 aliphatic rings. The van der Waals surface area contributed by atoms with Gasteiger partial charge in [-0.2, -0.15) is 0 Å². The minimum absolute atomic E-state index is 0.00847. The number of para-hydroxylation sites is 1. The van der Waals surface area contributed by atoms with Crippen molar-refractivity contribution in [2.75, 3.05) is 11.9 Å². The second-order valence-corrected chi connectivity index (χ2v) is 31.0. The Bertz CT molecular complexity index is 4560. The van der Waals surface area contributed by atoms with Crippen LogP contribution in [0.1, 0.15) is 146 Å². The number of aliphatic hydroxyl groups is 1. The average Bonchev–Trinajstić information content (AvgIpc) is 1.62. The number of nitrogens with zero attached hydrogens (tertiary/aromatic N) is 1. The number of carbonyl (C=O) groups excluding carboxylic acids is 10. The van der Waals surface area contributed by atoms with Crippen molar-refractivity contribution in [1.82, 2.24) is 26.6 Å². The second kappa shape index (κ2) is 42.3. The zero-order valence-corrected chi connectivity index (χ0v) is 66.1. The van der Waals surface area contributed by atoms with Gasteiger partial charge in [-0.15, -0.1) is 0 Å². The van der Waals surface area contributed by atoms with Crippen LogP contribution in [0.25, 0.3) is 11.1 Å². The minimum atomic E-state index is -1.13. The van der Waals surface area contributed by atoms with E-state index in [9.17, 15) is 70.6 Å². The molecule has 114 heavy (non-hydrogen) atoms. The van der Waals surface area contributed by atoms with E-state index in [2.05, 4.69) is 26.6 Å². The van der Waals surface area contributed by atoms with E-state index in [4.69, 9.17) is 15.2 Å². The van der Waals surface area contributed by atoms with Crippen molar-refractivity contribution < 1.29 is 80.1 Å². The van der Waals surface area contributed by atoms with Gasteiger partial charge in [-0.05, 0) is 161 Å². The highest BCUT2D eigenvalue weighted by Gasteiger charge is 2.37. The number of fused-ring (bicyclic) bond motifs is 3. The SMILES string of the molecule is CC(C)C[C@H](NC(=O)[C@H](Cc1ccccc1)C[C@@H](O)[C@H](Cc1ccccc1)NC(=O)OC(C)(C)C)C(=O)C[C@@H](Cc1ccccc1)C(N)=O.C[C@H](CC(=O)Cc1cc(F)cc(F)c1)C(=O)N[C@H](C(=O)OC(C)(C)C)c1ccccc1.C[C@H](NC(=O)Cc1cc(F)cc(F)c1)C(=O)N[C@@H]1C(=O)N(C)c2ccccc2-c2ccccc21. The van der Waals surface area contributed by atoms with Gasteiger partial charge in [0.25, 0.3) is 5.91 Å². The topological polar surface area (TPSA) is 299 Å². The molecule has 24 heteroatoms. The van der Waals surface area contributed by atoms with Crippen molar-refractivity contribution in [1.29, 1.82) is 0 Å². The molecule has 1 aliphatic heterocycles. The first-order valence-electron chi connectivity index (χ1n) is 37.9. The number of ether oxygens (including phenoxy) is 2. The number of ketones is 2. The molecular formula is C90H103F4N7O13. The molecule has 604 valence electrons. The zero-order valence-electron chi connectivity index (χ0n) is 66.1. The number of Topliss-reactive ketones (excluding diaryl/α,β-unsaturated/α-hetero) is 2. The fourth-order valence-corrected chi connectivity index (χ4v) is 12.9. The van der Waals surface area contributed by atoms with Gasteiger partial charge in [0, 0.05) is 61.8 Å². The molecule has 0 fully saturated rings. The summed E-state index contributed by atoms with van der Waals surface area (Å²) < 4.78 is 64.3. The Morgan fingerprint density at radius 3 is 1.50 bits per heavy atom. The standard InChI is InChI=1S/C40H53N3O6.C26H23F2N3O3.C24H27F2NO4/c1-27(2)21-33(35(44)25-31(37(41)46)22-28-15-9-6-10-16-28)42-38(47)32(23-29-17-11-7-12-18-29)26-36(45)34(24-30-19-13-8-14-20-30)43-39(48)49-40(3,4)5;1-15(29-23(32)13-16-11-17(27)14-18(28)12-16)25(33)30-24-21-9-4-3-7-19(21)20-8-5-6-10-22(20)31(2)26(24)34;1-15(10-20(28)13-16-11-18(25)14-19(26)12-16)22(29)27-21(17-8-6-5-7-9-17)23(30)31-24(2,3)4/h6-20,27,31-34,36,45H,21-26H2,1-5H3,(H2,41,46)(H,42,47)(H,43,48);3-12,14-15,24H,13H2,1-2H3,(H,29,32)(H,30,33);5-9,11-12,14-15,21H,10,13H2,1-4H3,(H,27,29)/t31-,32-,33+,34+,36-;15-,24-;15-,21+/m101/s1. The molecule has 8 N–H and O–H groups in total. The molecule has 9 atom stereocenters. The normalized spacial score (nSPS) is 14.5. The predicted octanol–water partition coefficient (Wildman–Crippen LogP) is 13.4. The summed E-state index contributed by atoms with van der Waals surface area (Å²) in [4.78, 5) is 131. The van der Waals surface area contributed by atoms with E-state index in [1.54, 1.807) is 98.0 Å². The third kappa shape index (κ3) is 29.1. The van der Waals surface area contributed by atoms with E-state index in [0.717, 1.165) is 63.8 Å². The van der Waals surface area contributed by atoms with Crippen molar-refractivity contribution in [3.63, 3.8) is 0 Å². The molecule has 8 aromatic carbocycles. The van der Waals surface area contributed by atoms with Crippen LogP contribution >= 0.6 is 0 Å². The van der Waals surface area contributed by atoms with E-state index in [1.165, 1.54) is 11.8 Å². The van der Waals surface area contributed by atoms with Crippen molar-refractivity contribution in [2.45, 2.75) is 175 Å². The van der Waals surface area contributed by atoms with Crippen LogP contribution in [-0.4, -0.2) is 107 Å². The Morgan fingerprint density at radius 1 is 0.509 bits per heavy atom. The maximum absolute atomic E-state index is 14.1. The maximum Gasteiger partial charge on any atom is 0.407 e. The molecule has 0 aliphatic carbocycles. The van der Waals surface area contributed by atoms with Crippen LogP contribution in [0.4, 0.5) is 28.0 Å². The fraction of sp³-hybridized carbons (Fsp3) is 0.356. The number of nitrogens with one attached hydrogen (secondary N) is 5. The smallest absolute Gasteiger partial charge is 0.407 e. The lowest BCUT2D eigenvalue weighted by molar-refractivity contribution is -0.159. The van der Waals surface area contributed by atoms with E-state index < -0.39 is 130 Å². The number of nitrogens with two attached hydrogens (primary N) is 1. The summed E-state index contributed by atoms with van der Waals surface area (Å²) in [5.41, 5.74) is 10.9. The van der Waals surface area contributed by atoms with Gasteiger partial charge in [-0.25, -0.2) is 27.2 Å². The van der Waals surface area contributed by atoms with Crippen LogP contribution in [0.5, 0.6) is 0 Å². The van der Waals surface area contributed by atoms with Gasteiger partial charge in [0.05, 0.1) is 30.3 Å². The Labute approximate surface area is 663 Å². The van der Waals surface area contributed by atoms with Gasteiger partial charge in [0.1, 0.15) is 52.3 Å². The highest BCUT2D eigenvalue weighted by molar-refractivity contribution is 6.06. The van der Waals surface area contributed by atoms with Crippen LogP contribution in [0, 0.1) is 46.9 Å². The number of benzene rings is 8. The largest absolute Gasteiger partial charge is 0.458 e.